The summed E-state index contributed by atoms with van der Waals surface area (Å²) < 4.78 is 0. The molecule has 0 aromatic heterocycles. The average molecular weight is 344 g/mol. The standard InChI is InChI=1S/C20H33N5/c1-3-9-18(10-4-1)25-14-7-8-17-16-22-20(23-19(17)25)21-11-15-24-12-5-2-6-13-24/h7,14,16,18-19H,1-6,8-13,15H2,(H2,21,22,23). The van der Waals surface area contributed by atoms with Crippen molar-refractivity contribution in [3.8, 4) is 0 Å². The minimum Gasteiger partial charge on any atom is -0.351 e. The number of guanidine groups is 1. The molecule has 4 aliphatic rings. The van der Waals surface area contributed by atoms with Gasteiger partial charge in [0, 0.05) is 18.8 Å². The summed E-state index contributed by atoms with van der Waals surface area (Å²) in [6, 6.07) is 0.680. The molecule has 0 bridgehead atoms. The van der Waals surface area contributed by atoms with Crippen molar-refractivity contribution in [2.24, 2.45) is 4.99 Å². The van der Waals surface area contributed by atoms with Gasteiger partial charge in [0.2, 0.25) is 0 Å². The van der Waals surface area contributed by atoms with Crippen LogP contribution in [0.4, 0.5) is 0 Å². The van der Waals surface area contributed by atoms with Crippen molar-refractivity contribution in [1.82, 2.24) is 20.4 Å². The summed E-state index contributed by atoms with van der Waals surface area (Å²) in [5.41, 5.74) is 1.43. The fourth-order valence-corrected chi connectivity index (χ4v) is 4.63. The van der Waals surface area contributed by atoms with E-state index in [2.05, 4.69) is 38.9 Å². The lowest BCUT2D eigenvalue weighted by molar-refractivity contribution is 0.162. The van der Waals surface area contributed by atoms with Crippen LogP contribution in [-0.2, 0) is 0 Å². The van der Waals surface area contributed by atoms with Crippen LogP contribution in [0.15, 0.2) is 29.0 Å². The number of rotatable bonds is 4. The fraction of sp³-hybridized carbons (Fsp3) is 0.750. The molecule has 1 aliphatic carbocycles. The number of allylic oxidation sites excluding steroid dienone is 1. The summed E-state index contributed by atoms with van der Waals surface area (Å²) in [5.74, 6) is 0.946. The summed E-state index contributed by atoms with van der Waals surface area (Å²) in [6.45, 7) is 4.46. The zero-order valence-corrected chi connectivity index (χ0v) is 15.4. The molecule has 138 valence electrons. The van der Waals surface area contributed by atoms with Gasteiger partial charge in [0.1, 0.15) is 6.17 Å². The van der Waals surface area contributed by atoms with Gasteiger partial charge in [-0.05, 0) is 57.0 Å². The van der Waals surface area contributed by atoms with Gasteiger partial charge < -0.3 is 20.4 Å². The zero-order valence-electron chi connectivity index (χ0n) is 15.4. The van der Waals surface area contributed by atoms with E-state index in [4.69, 9.17) is 4.99 Å². The highest BCUT2D eigenvalue weighted by molar-refractivity contribution is 5.82. The van der Waals surface area contributed by atoms with Crippen molar-refractivity contribution in [1.29, 1.82) is 0 Å². The number of nitrogens with one attached hydrogen (secondary N) is 2. The van der Waals surface area contributed by atoms with Crippen LogP contribution in [0.3, 0.4) is 0 Å². The van der Waals surface area contributed by atoms with Gasteiger partial charge in [-0.1, -0.05) is 31.8 Å². The van der Waals surface area contributed by atoms with Gasteiger partial charge >= 0.3 is 0 Å². The molecule has 2 fully saturated rings. The lowest BCUT2D eigenvalue weighted by atomic mass is 9.92. The molecule has 4 rings (SSSR count). The number of piperidine rings is 1. The molecule has 1 saturated heterocycles. The Bertz CT molecular complexity index is 526. The lowest BCUT2D eigenvalue weighted by Crippen LogP contribution is -2.57. The Morgan fingerprint density at radius 1 is 1.04 bits per heavy atom. The zero-order chi connectivity index (χ0) is 16.9. The molecule has 5 nitrogen and oxygen atoms in total. The van der Waals surface area contributed by atoms with Crippen LogP contribution in [0.5, 0.6) is 0 Å². The van der Waals surface area contributed by atoms with Gasteiger partial charge in [0.25, 0.3) is 0 Å². The molecule has 0 amide bonds. The van der Waals surface area contributed by atoms with Crippen molar-refractivity contribution in [2.45, 2.75) is 70.0 Å². The van der Waals surface area contributed by atoms with Crippen LogP contribution in [0.25, 0.3) is 0 Å². The number of nitrogens with zero attached hydrogens (tertiary/aromatic N) is 3. The molecule has 25 heavy (non-hydrogen) atoms. The Labute approximate surface area is 152 Å². The van der Waals surface area contributed by atoms with Crippen molar-refractivity contribution in [3.05, 3.63) is 24.0 Å². The van der Waals surface area contributed by atoms with E-state index >= 15 is 0 Å². The third-order valence-corrected chi connectivity index (χ3v) is 6.08. The van der Waals surface area contributed by atoms with E-state index in [0.29, 0.717) is 12.2 Å². The van der Waals surface area contributed by atoms with Crippen LogP contribution in [0.2, 0.25) is 0 Å². The summed E-state index contributed by atoms with van der Waals surface area (Å²) in [6.07, 6.45) is 19.0. The van der Waals surface area contributed by atoms with Gasteiger partial charge in [0.05, 0.1) is 6.54 Å². The highest BCUT2D eigenvalue weighted by Crippen LogP contribution is 2.29. The second-order valence-corrected chi connectivity index (χ2v) is 7.87. The van der Waals surface area contributed by atoms with Crippen molar-refractivity contribution in [2.75, 3.05) is 26.2 Å². The topological polar surface area (TPSA) is 42.9 Å². The Morgan fingerprint density at radius 3 is 2.68 bits per heavy atom. The predicted octanol–water partition coefficient (Wildman–Crippen LogP) is 2.78. The van der Waals surface area contributed by atoms with Crippen LogP contribution >= 0.6 is 0 Å². The van der Waals surface area contributed by atoms with Gasteiger partial charge in [-0.25, -0.2) is 0 Å². The second kappa shape index (κ2) is 8.26. The normalized spacial score (nSPS) is 29.8. The molecule has 1 saturated carbocycles. The van der Waals surface area contributed by atoms with E-state index in [1.807, 2.05) is 0 Å². The molecule has 3 heterocycles. The third-order valence-electron chi connectivity index (χ3n) is 6.08. The van der Waals surface area contributed by atoms with Gasteiger partial charge in [0.15, 0.2) is 5.96 Å². The van der Waals surface area contributed by atoms with E-state index in [9.17, 15) is 0 Å². The Balaban J connectivity index is 1.35. The van der Waals surface area contributed by atoms with Crippen LogP contribution in [0, 0.1) is 0 Å². The van der Waals surface area contributed by atoms with Crippen LogP contribution in [-0.4, -0.2) is 54.1 Å². The van der Waals surface area contributed by atoms with E-state index in [-0.39, 0.29) is 0 Å². The molecule has 1 unspecified atom stereocenters. The molecule has 0 spiro atoms. The highest BCUT2D eigenvalue weighted by atomic mass is 15.3. The number of likely N-dealkylation sites (tertiary alicyclic amines) is 1. The molecule has 0 radical (unpaired) electrons. The molecular weight excluding hydrogens is 310 g/mol. The molecule has 3 aliphatic heterocycles. The Hall–Kier alpha value is -1.49. The van der Waals surface area contributed by atoms with Gasteiger partial charge in [-0.2, -0.15) is 0 Å². The summed E-state index contributed by atoms with van der Waals surface area (Å²) in [7, 11) is 0. The first kappa shape index (κ1) is 17.0. The minimum atomic E-state index is 0.295. The molecule has 0 aromatic rings. The number of aliphatic imine (C=N–C) groups is 1. The number of fused-ring (bicyclic) bond motifs is 1. The van der Waals surface area contributed by atoms with Crippen molar-refractivity contribution >= 4 is 5.96 Å². The predicted molar refractivity (Wildman–Crippen MR) is 103 cm³/mol. The van der Waals surface area contributed by atoms with E-state index < -0.39 is 0 Å². The maximum absolute atomic E-state index is 4.81. The minimum absolute atomic E-state index is 0.295. The number of hydrogen-bond acceptors (Lipinski definition) is 3. The molecule has 5 heteroatoms. The maximum atomic E-state index is 4.81. The highest BCUT2D eigenvalue weighted by Gasteiger charge is 2.31. The first-order chi connectivity index (χ1) is 12.4. The van der Waals surface area contributed by atoms with E-state index in [1.54, 1.807) is 0 Å². The monoisotopic (exact) mass is 343 g/mol. The van der Waals surface area contributed by atoms with E-state index in [0.717, 1.165) is 25.5 Å². The summed E-state index contributed by atoms with van der Waals surface area (Å²) >= 11 is 0. The quantitative estimate of drug-likeness (QED) is 0.824. The average Bonchev–Trinajstić information content (AvgIpc) is 2.69. The first-order valence-corrected chi connectivity index (χ1v) is 10.3. The second-order valence-electron chi connectivity index (χ2n) is 7.87. The van der Waals surface area contributed by atoms with Crippen LogP contribution in [0.1, 0.15) is 57.8 Å². The molecule has 0 aromatic carbocycles. The number of hydrogen-bond donors (Lipinski definition) is 2. The Kier molecular flexibility index (Phi) is 5.60. The summed E-state index contributed by atoms with van der Waals surface area (Å²) in [5, 5.41) is 7.04. The van der Waals surface area contributed by atoms with E-state index in [1.165, 1.54) is 70.0 Å². The molecule has 2 N–H and O–H groups in total. The smallest absolute Gasteiger partial charge is 0.197 e. The van der Waals surface area contributed by atoms with Crippen molar-refractivity contribution in [3.63, 3.8) is 0 Å². The largest absolute Gasteiger partial charge is 0.351 e. The molecule has 1 atom stereocenters. The lowest BCUT2D eigenvalue weighted by Gasteiger charge is -2.44. The Morgan fingerprint density at radius 2 is 1.84 bits per heavy atom. The maximum Gasteiger partial charge on any atom is 0.197 e. The van der Waals surface area contributed by atoms with Gasteiger partial charge in [-0.15, -0.1) is 0 Å². The SMILES string of the molecule is C1=CN(C2CCCCC2)C2NC(=NCCN3CCCCC3)NC=C2C1. The fourth-order valence-electron chi connectivity index (χ4n) is 4.63. The first-order valence-electron chi connectivity index (χ1n) is 10.3. The van der Waals surface area contributed by atoms with Crippen LogP contribution < -0.4 is 10.6 Å². The third kappa shape index (κ3) is 4.20. The molecular formula is C20H33N5. The summed E-state index contributed by atoms with van der Waals surface area (Å²) in [4.78, 5) is 9.91. The van der Waals surface area contributed by atoms with Gasteiger partial charge in [-0.3, -0.25) is 4.99 Å². The van der Waals surface area contributed by atoms with Crippen molar-refractivity contribution < 1.29 is 0 Å².